The summed E-state index contributed by atoms with van der Waals surface area (Å²) in [7, 11) is 3.45. The van der Waals surface area contributed by atoms with E-state index in [0.29, 0.717) is 30.7 Å². The fourth-order valence-corrected chi connectivity index (χ4v) is 2.20. The molecule has 0 aromatic carbocycles. The molecule has 0 aliphatic heterocycles. The Morgan fingerprint density at radius 1 is 1.25 bits per heavy atom. The normalized spacial score (nSPS) is 12.0. The van der Waals surface area contributed by atoms with E-state index in [2.05, 4.69) is 51.3 Å². The highest BCUT2D eigenvalue weighted by Gasteiger charge is 2.21. The second-order valence-corrected chi connectivity index (χ2v) is 6.54. The number of fused-ring (bicyclic) bond motifs is 1. The standard InChI is InChI=1S/C15H21N7O2/c1-15(2,3)14-19-12(9-6-17-22(4)13(9)20-14)16-7-11-18-10(8-23-5)21-24-11/h6H,7-8H2,1-5H3,(H,16,19,20). The number of methoxy groups -OCH3 is 1. The second kappa shape index (κ2) is 6.16. The van der Waals surface area contributed by atoms with Gasteiger partial charge in [0.15, 0.2) is 11.5 Å². The quantitative estimate of drug-likeness (QED) is 0.755. The summed E-state index contributed by atoms with van der Waals surface area (Å²) in [5.41, 5.74) is 0.605. The molecule has 0 spiro atoms. The van der Waals surface area contributed by atoms with Crippen LogP contribution in [0.3, 0.4) is 0 Å². The van der Waals surface area contributed by atoms with Crippen LogP contribution in [0.25, 0.3) is 11.0 Å². The molecule has 0 aliphatic carbocycles. The van der Waals surface area contributed by atoms with Crippen molar-refractivity contribution in [3.63, 3.8) is 0 Å². The lowest BCUT2D eigenvalue weighted by Crippen LogP contribution is -2.18. The highest BCUT2D eigenvalue weighted by molar-refractivity contribution is 5.86. The van der Waals surface area contributed by atoms with Crippen LogP contribution in [0.5, 0.6) is 0 Å². The highest BCUT2D eigenvalue weighted by Crippen LogP contribution is 2.25. The summed E-state index contributed by atoms with van der Waals surface area (Å²) in [6, 6.07) is 0. The second-order valence-electron chi connectivity index (χ2n) is 6.54. The van der Waals surface area contributed by atoms with E-state index in [4.69, 9.17) is 9.26 Å². The third-order valence-electron chi connectivity index (χ3n) is 3.45. The lowest BCUT2D eigenvalue weighted by atomic mass is 9.95. The molecule has 0 fully saturated rings. The minimum atomic E-state index is -0.176. The van der Waals surface area contributed by atoms with E-state index in [1.807, 2.05) is 7.05 Å². The molecule has 9 heteroatoms. The molecule has 0 radical (unpaired) electrons. The number of aromatic nitrogens is 6. The Balaban J connectivity index is 1.89. The van der Waals surface area contributed by atoms with Gasteiger partial charge < -0.3 is 14.6 Å². The van der Waals surface area contributed by atoms with Gasteiger partial charge in [-0.1, -0.05) is 25.9 Å². The molecule has 0 amide bonds. The monoisotopic (exact) mass is 331 g/mol. The van der Waals surface area contributed by atoms with Gasteiger partial charge in [-0.15, -0.1) is 0 Å². The van der Waals surface area contributed by atoms with Crippen LogP contribution in [0.4, 0.5) is 5.82 Å². The first-order valence-electron chi connectivity index (χ1n) is 7.63. The molecule has 0 saturated heterocycles. The summed E-state index contributed by atoms with van der Waals surface area (Å²) in [6.45, 7) is 6.90. The van der Waals surface area contributed by atoms with E-state index in [0.717, 1.165) is 16.9 Å². The Labute approximate surface area is 139 Å². The van der Waals surface area contributed by atoms with Crippen molar-refractivity contribution in [2.24, 2.45) is 7.05 Å². The molecule has 0 bridgehead atoms. The zero-order valence-electron chi connectivity index (χ0n) is 14.5. The molecule has 3 heterocycles. The van der Waals surface area contributed by atoms with Gasteiger partial charge in [0, 0.05) is 19.6 Å². The Hall–Kier alpha value is -2.55. The fourth-order valence-electron chi connectivity index (χ4n) is 2.20. The van der Waals surface area contributed by atoms with E-state index in [9.17, 15) is 0 Å². The molecular weight excluding hydrogens is 310 g/mol. The summed E-state index contributed by atoms with van der Waals surface area (Å²) in [5.74, 6) is 2.42. The summed E-state index contributed by atoms with van der Waals surface area (Å²) in [6.07, 6.45) is 1.74. The van der Waals surface area contributed by atoms with E-state index in [1.165, 1.54) is 0 Å². The van der Waals surface area contributed by atoms with Crippen LogP contribution < -0.4 is 5.32 Å². The molecule has 24 heavy (non-hydrogen) atoms. The van der Waals surface area contributed by atoms with Crippen molar-refractivity contribution in [1.82, 2.24) is 29.9 Å². The minimum absolute atomic E-state index is 0.176. The van der Waals surface area contributed by atoms with Crippen molar-refractivity contribution < 1.29 is 9.26 Å². The van der Waals surface area contributed by atoms with Crippen molar-refractivity contribution in [1.29, 1.82) is 0 Å². The summed E-state index contributed by atoms with van der Waals surface area (Å²) >= 11 is 0. The van der Waals surface area contributed by atoms with Gasteiger partial charge >= 0.3 is 0 Å². The molecule has 0 atom stereocenters. The predicted molar refractivity (Wildman–Crippen MR) is 87.3 cm³/mol. The molecule has 1 N–H and O–H groups in total. The van der Waals surface area contributed by atoms with Gasteiger partial charge in [0.25, 0.3) is 0 Å². The van der Waals surface area contributed by atoms with E-state index >= 15 is 0 Å². The Morgan fingerprint density at radius 2 is 2.04 bits per heavy atom. The molecule has 0 unspecified atom stereocenters. The number of hydrogen-bond acceptors (Lipinski definition) is 8. The van der Waals surface area contributed by atoms with E-state index in [-0.39, 0.29) is 5.41 Å². The van der Waals surface area contributed by atoms with Crippen LogP contribution in [0.2, 0.25) is 0 Å². The predicted octanol–water partition coefficient (Wildman–Crippen LogP) is 1.80. The molecule has 9 nitrogen and oxygen atoms in total. The lowest BCUT2D eigenvalue weighted by Gasteiger charge is -2.18. The number of anilines is 1. The zero-order chi connectivity index (χ0) is 17.3. The number of nitrogens with zero attached hydrogens (tertiary/aromatic N) is 6. The van der Waals surface area contributed by atoms with Gasteiger partial charge in [-0.3, -0.25) is 4.68 Å². The van der Waals surface area contributed by atoms with Gasteiger partial charge in [0.1, 0.15) is 18.2 Å². The summed E-state index contributed by atoms with van der Waals surface area (Å²) in [4.78, 5) is 13.5. The third-order valence-corrected chi connectivity index (χ3v) is 3.45. The first-order valence-corrected chi connectivity index (χ1v) is 7.63. The molecule has 3 aromatic rings. The SMILES string of the molecule is COCc1noc(CNc2nc(C(C)(C)C)nc3c2cnn3C)n1. The van der Waals surface area contributed by atoms with Gasteiger partial charge in [0.2, 0.25) is 5.89 Å². The molecule has 128 valence electrons. The van der Waals surface area contributed by atoms with Crippen molar-refractivity contribution in [2.75, 3.05) is 12.4 Å². The number of nitrogens with one attached hydrogen (secondary N) is 1. The lowest BCUT2D eigenvalue weighted by molar-refractivity contribution is 0.174. The maximum Gasteiger partial charge on any atom is 0.246 e. The Kier molecular flexibility index (Phi) is 4.18. The fraction of sp³-hybridized carbons (Fsp3) is 0.533. The molecule has 0 aliphatic rings. The Bertz CT molecular complexity index is 847. The third kappa shape index (κ3) is 3.21. The van der Waals surface area contributed by atoms with Crippen molar-refractivity contribution in [3.05, 3.63) is 23.7 Å². The summed E-state index contributed by atoms with van der Waals surface area (Å²) < 4.78 is 11.9. The van der Waals surface area contributed by atoms with Crippen molar-refractivity contribution >= 4 is 16.9 Å². The van der Waals surface area contributed by atoms with Crippen molar-refractivity contribution in [2.45, 2.75) is 39.3 Å². The number of aryl methyl sites for hydroxylation is 1. The Morgan fingerprint density at radius 3 is 2.75 bits per heavy atom. The molecule has 0 saturated carbocycles. The maximum absolute atomic E-state index is 5.19. The molecule has 3 aromatic heterocycles. The average molecular weight is 331 g/mol. The van der Waals surface area contributed by atoms with E-state index < -0.39 is 0 Å². The van der Waals surface area contributed by atoms with Gasteiger partial charge in [-0.05, 0) is 0 Å². The van der Waals surface area contributed by atoms with Crippen LogP contribution in [0.15, 0.2) is 10.7 Å². The molecule has 3 rings (SSSR count). The van der Waals surface area contributed by atoms with Gasteiger partial charge in [0.05, 0.1) is 18.1 Å². The smallest absolute Gasteiger partial charge is 0.246 e. The van der Waals surface area contributed by atoms with Crippen LogP contribution in [-0.4, -0.2) is 37.0 Å². The number of hydrogen-bond donors (Lipinski definition) is 1. The number of rotatable bonds is 5. The van der Waals surface area contributed by atoms with Crippen LogP contribution >= 0.6 is 0 Å². The summed E-state index contributed by atoms with van der Waals surface area (Å²) in [5, 5.41) is 12.2. The first-order chi connectivity index (χ1) is 11.4. The zero-order valence-corrected chi connectivity index (χ0v) is 14.5. The average Bonchev–Trinajstić information content (AvgIpc) is 3.12. The topological polar surface area (TPSA) is 104 Å². The number of ether oxygens (including phenoxy) is 1. The van der Waals surface area contributed by atoms with Crippen LogP contribution in [0, 0.1) is 0 Å². The minimum Gasteiger partial charge on any atom is -0.377 e. The maximum atomic E-state index is 5.19. The van der Waals surface area contributed by atoms with Gasteiger partial charge in [-0.2, -0.15) is 10.1 Å². The van der Waals surface area contributed by atoms with Crippen molar-refractivity contribution in [3.8, 4) is 0 Å². The van der Waals surface area contributed by atoms with E-state index in [1.54, 1.807) is 18.0 Å². The van der Waals surface area contributed by atoms with Crippen LogP contribution in [-0.2, 0) is 30.4 Å². The largest absolute Gasteiger partial charge is 0.377 e. The highest BCUT2D eigenvalue weighted by atomic mass is 16.5. The van der Waals surface area contributed by atoms with Gasteiger partial charge in [-0.25, -0.2) is 9.97 Å². The first kappa shape index (κ1) is 16.3. The molecular formula is C15H21N7O2. The van der Waals surface area contributed by atoms with Crippen LogP contribution in [0.1, 0.15) is 38.3 Å².